The smallest absolute Gasteiger partial charge is 0.241 e. The third-order valence-corrected chi connectivity index (χ3v) is 3.72. The molecule has 19 heavy (non-hydrogen) atoms. The number of nitrogens with two attached hydrogens (primary N) is 1. The molecule has 1 aromatic carbocycles. The number of anilines is 1. The highest BCUT2D eigenvalue weighted by Gasteiger charge is 2.23. The van der Waals surface area contributed by atoms with Crippen molar-refractivity contribution in [3.8, 4) is 0 Å². The normalized spacial score (nSPS) is 17.1. The molecule has 4 nitrogen and oxygen atoms in total. The van der Waals surface area contributed by atoms with Crippen LogP contribution in [0.4, 0.5) is 5.69 Å². The number of carbonyl (C=O) groups is 1. The number of amides is 1. The van der Waals surface area contributed by atoms with Gasteiger partial charge in [0.25, 0.3) is 0 Å². The van der Waals surface area contributed by atoms with Crippen LogP contribution < -0.4 is 11.1 Å². The average Bonchev–Trinajstić information content (AvgIpc) is 2.92. The first-order chi connectivity index (χ1) is 9.08. The van der Waals surface area contributed by atoms with E-state index in [1.807, 2.05) is 25.1 Å². The van der Waals surface area contributed by atoms with E-state index in [0.29, 0.717) is 4.99 Å². The van der Waals surface area contributed by atoms with Gasteiger partial charge < -0.3 is 11.1 Å². The molecule has 0 aromatic heterocycles. The van der Waals surface area contributed by atoms with Gasteiger partial charge in [0.05, 0.1) is 6.04 Å². The van der Waals surface area contributed by atoms with Crippen molar-refractivity contribution < 1.29 is 4.79 Å². The lowest BCUT2D eigenvalue weighted by Crippen LogP contribution is -2.40. The number of likely N-dealkylation sites (tertiary alicyclic amines) is 1. The first-order valence-electron chi connectivity index (χ1n) is 6.52. The van der Waals surface area contributed by atoms with Crippen LogP contribution in [-0.2, 0) is 4.79 Å². The summed E-state index contributed by atoms with van der Waals surface area (Å²) in [6.07, 6.45) is 2.35. The first-order valence-corrected chi connectivity index (χ1v) is 6.93. The molecular formula is C14H19N3OS. The van der Waals surface area contributed by atoms with Crippen LogP contribution in [0.1, 0.15) is 25.3 Å². The molecule has 1 fully saturated rings. The molecule has 0 saturated carbocycles. The number of nitrogens with one attached hydrogen (secondary N) is 1. The summed E-state index contributed by atoms with van der Waals surface area (Å²) in [6, 6.07) is 7.22. The summed E-state index contributed by atoms with van der Waals surface area (Å²) in [5.41, 5.74) is 7.09. The lowest BCUT2D eigenvalue weighted by molar-refractivity contribution is -0.120. The van der Waals surface area contributed by atoms with Crippen LogP contribution in [0.3, 0.4) is 0 Å². The van der Waals surface area contributed by atoms with Gasteiger partial charge in [-0.1, -0.05) is 24.4 Å². The lowest BCUT2D eigenvalue weighted by atomic mass is 10.2. The Hall–Kier alpha value is -1.46. The Morgan fingerprint density at radius 1 is 1.42 bits per heavy atom. The topological polar surface area (TPSA) is 58.4 Å². The van der Waals surface area contributed by atoms with E-state index in [1.54, 1.807) is 6.07 Å². The van der Waals surface area contributed by atoms with Crippen LogP contribution in [0, 0.1) is 0 Å². The second-order valence-corrected chi connectivity index (χ2v) is 5.29. The van der Waals surface area contributed by atoms with Gasteiger partial charge >= 0.3 is 0 Å². The quantitative estimate of drug-likeness (QED) is 0.823. The first kappa shape index (κ1) is 14.0. The van der Waals surface area contributed by atoms with Crippen LogP contribution >= 0.6 is 12.2 Å². The number of hydrogen-bond donors (Lipinski definition) is 2. The van der Waals surface area contributed by atoms with Crippen molar-refractivity contribution in [2.24, 2.45) is 5.73 Å². The molecule has 0 radical (unpaired) electrons. The molecule has 3 N–H and O–H groups in total. The number of benzene rings is 1. The highest BCUT2D eigenvalue weighted by atomic mass is 32.1. The third kappa shape index (κ3) is 3.52. The molecule has 0 aliphatic carbocycles. The molecule has 0 bridgehead atoms. The number of carbonyl (C=O) groups excluding carboxylic acids is 1. The molecule has 1 saturated heterocycles. The summed E-state index contributed by atoms with van der Waals surface area (Å²) in [5, 5.41) is 2.92. The maximum absolute atomic E-state index is 12.2. The zero-order valence-corrected chi connectivity index (χ0v) is 11.9. The SMILES string of the molecule is CC(C(=O)Nc1cccc(C(N)=S)c1)N1CCCC1. The van der Waals surface area contributed by atoms with Crippen LogP contribution in [0.2, 0.25) is 0 Å². The van der Waals surface area contributed by atoms with Gasteiger partial charge in [-0.3, -0.25) is 9.69 Å². The van der Waals surface area contributed by atoms with Crippen LogP contribution in [0.25, 0.3) is 0 Å². The van der Waals surface area contributed by atoms with Gasteiger partial charge in [0.15, 0.2) is 0 Å². The second kappa shape index (κ2) is 6.12. The third-order valence-electron chi connectivity index (χ3n) is 3.48. The number of rotatable bonds is 4. The standard InChI is InChI=1S/C14H19N3OS/c1-10(17-7-2-3-8-17)14(18)16-12-6-4-5-11(9-12)13(15)19/h4-6,9-10H,2-3,7-8H2,1H3,(H2,15,19)(H,16,18). The summed E-state index contributed by atoms with van der Waals surface area (Å²) >= 11 is 4.93. The van der Waals surface area contributed by atoms with E-state index in [-0.39, 0.29) is 11.9 Å². The van der Waals surface area contributed by atoms with E-state index in [1.165, 1.54) is 12.8 Å². The number of hydrogen-bond acceptors (Lipinski definition) is 3. The minimum absolute atomic E-state index is 0.0157. The highest BCUT2D eigenvalue weighted by Crippen LogP contribution is 2.15. The van der Waals surface area contributed by atoms with E-state index < -0.39 is 0 Å². The number of thiocarbonyl (C=S) groups is 1. The molecule has 1 aliphatic heterocycles. The molecule has 1 amide bonds. The summed E-state index contributed by atoms with van der Waals surface area (Å²) in [4.78, 5) is 14.7. The van der Waals surface area contributed by atoms with Crippen LogP contribution in [-0.4, -0.2) is 34.9 Å². The fourth-order valence-corrected chi connectivity index (χ4v) is 2.42. The summed E-state index contributed by atoms with van der Waals surface area (Å²) < 4.78 is 0. The molecule has 102 valence electrons. The Labute approximate surface area is 119 Å². The van der Waals surface area contributed by atoms with E-state index >= 15 is 0 Å². The summed E-state index contributed by atoms with van der Waals surface area (Å²) in [7, 11) is 0. The monoisotopic (exact) mass is 277 g/mol. The van der Waals surface area contributed by atoms with E-state index in [2.05, 4.69) is 10.2 Å². The van der Waals surface area contributed by atoms with Crippen LogP contribution in [0.15, 0.2) is 24.3 Å². The van der Waals surface area contributed by atoms with Crippen molar-refractivity contribution in [3.05, 3.63) is 29.8 Å². The predicted molar refractivity (Wildman–Crippen MR) is 81.2 cm³/mol. The van der Waals surface area contributed by atoms with E-state index in [4.69, 9.17) is 18.0 Å². The zero-order valence-electron chi connectivity index (χ0n) is 11.1. The molecular weight excluding hydrogens is 258 g/mol. The Kier molecular flexibility index (Phi) is 4.50. The van der Waals surface area contributed by atoms with Gasteiger partial charge in [0.2, 0.25) is 5.91 Å². The Morgan fingerprint density at radius 2 is 2.11 bits per heavy atom. The largest absolute Gasteiger partial charge is 0.389 e. The van der Waals surface area contributed by atoms with Crippen molar-refractivity contribution in [1.29, 1.82) is 0 Å². The minimum atomic E-state index is -0.101. The lowest BCUT2D eigenvalue weighted by Gasteiger charge is -2.22. The van der Waals surface area contributed by atoms with Gasteiger partial charge in [-0.2, -0.15) is 0 Å². The molecule has 1 unspecified atom stereocenters. The maximum atomic E-state index is 12.2. The molecule has 1 aliphatic rings. The van der Waals surface area contributed by atoms with Crippen molar-refractivity contribution in [3.63, 3.8) is 0 Å². The predicted octanol–water partition coefficient (Wildman–Crippen LogP) is 1.74. The fraction of sp³-hybridized carbons (Fsp3) is 0.429. The minimum Gasteiger partial charge on any atom is -0.389 e. The molecule has 5 heteroatoms. The van der Waals surface area contributed by atoms with Crippen molar-refractivity contribution in [2.45, 2.75) is 25.8 Å². The Bertz CT molecular complexity index is 483. The van der Waals surface area contributed by atoms with Gasteiger partial charge in [0.1, 0.15) is 4.99 Å². The average molecular weight is 277 g/mol. The molecule has 1 heterocycles. The summed E-state index contributed by atoms with van der Waals surface area (Å²) in [5.74, 6) is 0.0157. The van der Waals surface area contributed by atoms with Gasteiger partial charge in [0, 0.05) is 11.3 Å². The highest BCUT2D eigenvalue weighted by molar-refractivity contribution is 7.80. The Balaban J connectivity index is 2.01. The van der Waals surface area contributed by atoms with Crippen molar-refractivity contribution in [1.82, 2.24) is 4.90 Å². The second-order valence-electron chi connectivity index (χ2n) is 4.85. The maximum Gasteiger partial charge on any atom is 0.241 e. The van der Waals surface area contributed by atoms with E-state index in [9.17, 15) is 4.79 Å². The number of nitrogens with zero attached hydrogens (tertiary/aromatic N) is 1. The summed E-state index contributed by atoms with van der Waals surface area (Å²) in [6.45, 7) is 3.95. The fourth-order valence-electron chi connectivity index (χ4n) is 2.29. The van der Waals surface area contributed by atoms with Crippen molar-refractivity contribution >= 4 is 28.8 Å². The molecule has 1 atom stereocenters. The van der Waals surface area contributed by atoms with Gasteiger partial charge in [-0.15, -0.1) is 0 Å². The Morgan fingerprint density at radius 3 is 2.74 bits per heavy atom. The van der Waals surface area contributed by atoms with E-state index in [0.717, 1.165) is 24.3 Å². The van der Waals surface area contributed by atoms with Crippen molar-refractivity contribution in [2.75, 3.05) is 18.4 Å². The van der Waals surface area contributed by atoms with Crippen LogP contribution in [0.5, 0.6) is 0 Å². The molecule has 1 aromatic rings. The zero-order chi connectivity index (χ0) is 13.8. The van der Waals surface area contributed by atoms with Gasteiger partial charge in [-0.25, -0.2) is 0 Å². The molecule has 2 rings (SSSR count). The van der Waals surface area contributed by atoms with Gasteiger partial charge in [-0.05, 0) is 45.0 Å². The molecule has 0 spiro atoms.